The summed E-state index contributed by atoms with van der Waals surface area (Å²) in [6.07, 6.45) is 2.45. The molecule has 156 valence electrons. The highest BCUT2D eigenvalue weighted by Gasteiger charge is 2.53. The molecule has 2 atom stereocenters. The van der Waals surface area contributed by atoms with Crippen molar-refractivity contribution in [3.05, 3.63) is 6.20 Å². The molecule has 3 heterocycles. The molecule has 0 saturated carbocycles. The van der Waals surface area contributed by atoms with Gasteiger partial charge in [-0.15, -0.1) is 5.10 Å². The van der Waals surface area contributed by atoms with E-state index in [1.54, 1.807) is 4.90 Å². The van der Waals surface area contributed by atoms with Gasteiger partial charge in [0, 0.05) is 19.3 Å². The molecule has 8 nitrogen and oxygen atoms in total. The largest absolute Gasteiger partial charge is 0.518 e. The Morgan fingerprint density at radius 3 is 2.39 bits per heavy atom. The van der Waals surface area contributed by atoms with E-state index in [4.69, 9.17) is 14.0 Å². The van der Waals surface area contributed by atoms with E-state index in [9.17, 15) is 4.79 Å². The van der Waals surface area contributed by atoms with Gasteiger partial charge >= 0.3 is 13.2 Å². The van der Waals surface area contributed by atoms with Crippen LogP contribution in [0.1, 0.15) is 67.9 Å². The number of hydrogen-bond donors (Lipinski definition) is 0. The van der Waals surface area contributed by atoms with Crippen molar-refractivity contribution >= 4 is 18.8 Å². The van der Waals surface area contributed by atoms with Gasteiger partial charge in [0.25, 0.3) is 0 Å². The van der Waals surface area contributed by atoms with Gasteiger partial charge in [-0.1, -0.05) is 12.1 Å². The zero-order valence-corrected chi connectivity index (χ0v) is 18.4. The molecule has 1 aromatic rings. The number of likely N-dealkylation sites (tertiary alicyclic amines) is 1. The van der Waals surface area contributed by atoms with Crippen LogP contribution in [0.25, 0.3) is 0 Å². The van der Waals surface area contributed by atoms with E-state index < -0.39 is 23.9 Å². The average Bonchev–Trinajstić information content (AvgIpc) is 3.08. The number of carbonyl (C=O) groups excluding carboxylic acids is 1. The first-order valence-electron chi connectivity index (χ1n) is 10.0. The Hall–Kier alpha value is -1.61. The summed E-state index contributed by atoms with van der Waals surface area (Å²) in [5, 5.41) is 8.63. The molecule has 2 aliphatic rings. The molecule has 1 aromatic heterocycles. The molecule has 0 aliphatic carbocycles. The molecule has 0 radical (unpaired) electrons. The molecule has 1 amide bonds. The molecule has 3 rings (SSSR count). The molecule has 2 fully saturated rings. The minimum absolute atomic E-state index is 0.169. The lowest BCUT2D eigenvalue weighted by Gasteiger charge is -2.37. The van der Waals surface area contributed by atoms with Gasteiger partial charge in [-0.2, -0.15) is 0 Å². The predicted octanol–water partition coefficient (Wildman–Crippen LogP) is 2.40. The maximum Gasteiger partial charge on any atom is 0.518 e. The molecule has 2 unspecified atom stereocenters. The number of aromatic nitrogens is 3. The van der Waals surface area contributed by atoms with Gasteiger partial charge in [-0.25, -0.2) is 9.48 Å². The number of piperidine rings is 1. The number of nitrogens with zero attached hydrogens (tertiary/aromatic N) is 4. The van der Waals surface area contributed by atoms with E-state index in [1.807, 2.05) is 59.3 Å². The third-order valence-corrected chi connectivity index (χ3v) is 5.87. The van der Waals surface area contributed by atoms with Crippen LogP contribution < -0.4 is 5.59 Å². The minimum atomic E-state index is -0.518. The van der Waals surface area contributed by atoms with Crippen molar-refractivity contribution in [2.75, 3.05) is 13.1 Å². The SMILES string of the molecule is CC1CN(C(=O)OC(C)(C)C)CCC1n1cc(B2OC(C)(C)C(C)(C)O2)nn1. The Labute approximate surface area is 168 Å². The second-order valence-electron chi connectivity index (χ2n) is 9.97. The second-order valence-corrected chi connectivity index (χ2v) is 9.97. The molecule has 28 heavy (non-hydrogen) atoms. The van der Waals surface area contributed by atoms with Crippen molar-refractivity contribution in [2.45, 2.75) is 84.7 Å². The molecule has 2 aliphatic heterocycles. The maximum atomic E-state index is 12.3. The molecule has 0 N–H and O–H groups in total. The molecule has 0 spiro atoms. The van der Waals surface area contributed by atoms with E-state index in [2.05, 4.69) is 17.2 Å². The summed E-state index contributed by atoms with van der Waals surface area (Å²) in [5.74, 6) is 0.231. The van der Waals surface area contributed by atoms with Gasteiger partial charge in [0.1, 0.15) is 11.2 Å². The van der Waals surface area contributed by atoms with Crippen molar-refractivity contribution in [1.29, 1.82) is 0 Å². The predicted molar refractivity (Wildman–Crippen MR) is 106 cm³/mol. The van der Waals surface area contributed by atoms with Crippen molar-refractivity contribution in [3.63, 3.8) is 0 Å². The Morgan fingerprint density at radius 1 is 1.25 bits per heavy atom. The summed E-state index contributed by atoms with van der Waals surface area (Å²) < 4.78 is 19.5. The first-order chi connectivity index (χ1) is 12.8. The topological polar surface area (TPSA) is 78.7 Å². The van der Waals surface area contributed by atoms with Crippen LogP contribution >= 0.6 is 0 Å². The van der Waals surface area contributed by atoms with Crippen molar-refractivity contribution in [1.82, 2.24) is 19.9 Å². The average molecular weight is 392 g/mol. The van der Waals surface area contributed by atoms with Crippen LogP contribution in [-0.4, -0.2) is 63.0 Å². The summed E-state index contributed by atoms with van der Waals surface area (Å²) in [6, 6.07) is 0.169. The summed E-state index contributed by atoms with van der Waals surface area (Å²) in [4.78, 5) is 14.1. The number of rotatable bonds is 2. The first kappa shape index (κ1) is 21.1. The molecule has 9 heteroatoms. The van der Waals surface area contributed by atoms with Crippen LogP contribution in [0.4, 0.5) is 4.79 Å². The molecule has 0 bridgehead atoms. The lowest BCUT2D eigenvalue weighted by Crippen LogP contribution is -2.45. The van der Waals surface area contributed by atoms with Crippen LogP contribution in [0, 0.1) is 5.92 Å². The fraction of sp³-hybridized carbons (Fsp3) is 0.842. The van der Waals surface area contributed by atoms with Crippen LogP contribution in [0.2, 0.25) is 0 Å². The summed E-state index contributed by atoms with van der Waals surface area (Å²) in [6.45, 7) is 17.1. The van der Waals surface area contributed by atoms with Crippen molar-refractivity contribution in [3.8, 4) is 0 Å². The van der Waals surface area contributed by atoms with Crippen LogP contribution in [0.3, 0.4) is 0 Å². The number of amides is 1. The van der Waals surface area contributed by atoms with Gasteiger partial charge in [-0.3, -0.25) is 0 Å². The Balaban J connectivity index is 1.64. The zero-order chi connectivity index (χ0) is 20.9. The molecular weight excluding hydrogens is 359 g/mol. The van der Waals surface area contributed by atoms with E-state index in [-0.39, 0.29) is 18.1 Å². The van der Waals surface area contributed by atoms with Crippen LogP contribution in [0.15, 0.2) is 6.20 Å². The Bertz CT molecular complexity index is 712. The molecular formula is C19H33BN4O4. The van der Waals surface area contributed by atoms with Crippen molar-refractivity contribution in [2.24, 2.45) is 5.92 Å². The highest BCUT2D eigenvalue weighted by molar-refractivity contribution is 6.61. The van der Waals surface area contributed by atoms with Crippen molar-refractivity contribution < 1.29 is 18.8 Å². The zero-order valence-electron chi connectivity index (χ0n) is 18.4. The number of carbonyl (C=O) groups is 1. The van der Waals surface area contributed by atoms with Gasteiger partial charge < -0.3 is 18.9 Å². The lowest BCUT2D eigenvalue weighted by molar-refractivity contribution is 0.00578. The summed E-state index contributed by atoms with van der Waals surface area (Å²) in [7, 11) is -0.518. The maximum absolute atomic E-state index is 12.3. The smallest absolute Gasteiger partial charge is 0.444 e. The normalized spacial score (nSPS) is 27.1. The Morgan fingerprint density at radius 2 is 1.86 bits per heavy atom. The van der Waals surface area contributed by atoms with Gasteiger partial charge in [0.05, 0.1) is 17.2 Å². The number of hydrogen-bond acceptors (Lipinski definition) is 6. The molecule has 0 aromatic carbocycles. The number of ether oxygens (including phenoxy) is 1. The van der Waals surface area contributed by atoms with Crippen LogP contribution in [-0.2, 0) is 14.0 Å². The lowest BCUT2D eigenvalue weighted by atomic mass is 9.85. The van der Waals surface area contributed by atoms with Crippen LogP contribution in [0.5, 0.6) is 0 Å². The van der Waals surface area contributed by atoms with Gasteiger partial charge in [0.2, 0.25) is 0 Å². The standard InChI is InChI=1S/C19H33BN4O4/c1-13-11-23(16(25)26-17(2,3)4)10-9-14(13)24-12-15(21-22-24)20-27-18(5,6)19(7,8)28-20/h12-14H,9-11H2,1-8H3. The van der Waals surface area contributed by atoms with E-state index in [0.717, 1.165) is 6.42 Å². The minimum Gasteiger partial charge on any atom is -0.444 e. The Kier molecular flexibility index (Phi) is 5.29. The summed E-state index contributed by atoms with van der Waals surface area (Å²) >= 11 is 0. The molecule has 2 saturated heterocycles. The van der Waals surface area contributed by atoms with Gasteiger partial charge in [0.15, 0.2) is 0 Å². The fourth-order valence-corrected chi connectivity index (χ4v) is 3.54. The van der Waals surface area contributed by atoms with Gasteiger partial charge in [-0.05, 0) is 60.8 Å². The second kappa shape index (κ2) is 7.02. The third kappa shape index (κ3) is 4.20. The first-order valence-corrected chi connectivity index (χ1v) is 10.0. The highest BCUT2D eigenvalue weighted by Crippen LogP contribution is 2.36. The van der Waals surface area contributed by atoms with E-state index >= 15 is 0 Å². The third-order valence-electron chi connectivity index (χ3n) is 5.87. The van der Waals surface area contributed by atoms with E-state index in [0.29, 0.717) is 18.7 Å². The van der Waals surface area contributed by atoms with E-state index in [1.165, 1.54) is 0 Å². The summed E-state index contributed by atoms with van der Waals surface area (Å²) in [5.41, 5.74) is -0.623. The fourth-order valence-electron chi connectivity index (χ4n) is 3.54. The monoisotopic (exact) mass is 392 g/mol. The quantitative estimate of drug-likeness (QED) is 0.720. The highest BCUT2D eigenvalue weighted by atomic mass is 16.7.